The fourth-order valence-corrected chi connectivity index (χ4v) is 4.89. The van der Waals surface area contributed by atoms with E-state index in [2.05, 4.69) is 54.5 Å². The van der Waals surface area contributed by atoms with Crippen molar-refractivity contribution in [2.45, 2.75) is 33.1 Å². The summed E-state index contributed by atoms with van der Waals surface area (Å²) in [5.41, 5.74) is 3.46. The molecule has 30 heavy (non-hydrogen) atoms. The highest BCUT2D eigenvalue weighted by atomic mass is 35.5. The highest BCUT2D eigenvalue weighted by Crippen LogP contribution is 2.29. The summed E-state index contributed by atoms with van der Waals surface area (Å²) in [7, 11) is 0. The van der Waals surface area contributed by atoms with E-state index in [4.69, 9.17) is 28.2 Å². The van der Waals surface area contributed by atoms with E-state index in [9.17, 15) is 0 Å². The maximum Gasteiger partial charge on any atom is 0.138 e. The van der Waals surface area contributed by atoms with Gasteiger partial charge in [-0.15, -0.1) is 11.3 Å². The molecule has 0 fully saturated rings. The summed E-state index contributed by atoms with van der Waals surface area (Å²) in [5, 5.41) is 5.95. The van der Waals surface area contributed by atoms with E-state index >= 15 is 0 Å². The van der Waals surface area contributed by atoms with Crippen LogP contribution in [0.3, 0.4) is 0 Å². The minimum Gasteiger partial charge on any atom is -0.369 e. The van der Waals surface area contributed by atoms with Crippen LogP contribution >= 0.6 is 34.5 Å². The molecule has 0 amide bonds. The molecule has 4 rings (SSSR count). The second-order valence-corrected chi connectivity index (χ2v) is 9.41. The second kappa shape index (κ2) is 9.34. The molecule has 6 heteroatoms. The molecule has 0 spiro atoms. The van der Waals surface area contributed by atoms with Gasteiger partial charge in [-0.3, -0.25) is 0 Å². The van der Waals surface area contributed by atoms with Crippen molar-refractivity contribution >= 4 is 50.6 Å². The fraction of sp³-hybridized carbons (Fsp3) is 0.250. The Morgan fingerprint density at radius 2 is 1.67 bits per heavy atom. The number of hydrogen-bond donors (Lipinski definition) is 1. The summed E-state index contributed by atoms with van der Waals surface area (Å²) in [4.78, 5) is 11.7. The Morgan fingerprint density at radius 3 is 2.37 bits per heavy atom. The number of aromatic nitrogens is 2. The Bertz CT molecular complexity index is 1150. The number of fused-ring (bicyclic) bond motifs is 1. The number of benzene rings is 2. The molecule has 0 radical (unpaired) electrons. The van der Waals surface area contributed by atoms with Gasteiger partial charge in [0.15, 0.2) is 0 Å². The third-order valence-corrected chi connectivity index (χ3v) is 6.34. The summed E-state index contributed by atoms with van der Waals surface area (Å²) < 4.78 is 0. The molecule has 2 aromatic carbocycles. The predicted molar refractivity (Wildman–Crippen MR) is 130 cm³/mol. The van der Waals surface area contributed by atoms with Crippen LogP contribution < -0.4 is 5.32 Å². The largest absolute Gasteiger partial charge is 0.369 e. The van der Waals surface area contributed by atoms with Crippen LogP contribution in [-0.4, -0.2) is 16.5 Å². The number of hydrogen-bond acceptors (Lipinski definition) is 4. The van der Waals surface area contributed by atoms with E-state index in [1.54, 1.807) is 17.4 Å². The number of nitrogens with zero attached hydrogens (tertiary/aromatic N) is 2. The van der Waals surface area contributed by atoms with Gasteiger partial charge in [-0.25, -0.2) is 9.97 Å². The Morgan fingerprint density at radius 1 is 0.933 bits per heavy atom. The molecule has 0 unspecified atom stereocenters. The number of thiophene rings is 1. The van der Waals surface area contributed by atoms with E-state index in [1.807, 2.05) is 12.1 Å². The average Bonchev–Trinajstić information content (AvgIpc) is 3.11. The molecular weight excluding hydrogens is 433 g/mol. The van der Waals surface area contributed by atoms with Crippen molar-refractivity contribution in [1.29, 1.82) is 0 Å². The summed E-state index contributed by atoms with van der Waals surface area (Å²) in [6.07, 6.45) is 2.87. The van der Waals surface area contributed by atoms with E-state index in [0.717, 1.165) is 58.8 Å². The molecular formula is C24H23Cl2N3S. The van der Waals surface area contributed by atoms with Gasteiger partial charge in [0.25, 0.3) is 0 Å². The fourth-order valence-electron chi connectivity index (χ4n) is 3.46. The van der Waals surface area contributed by atoms with Gasteiger partial charge in [0.2, 0.25) is 0 Å². The Labute approximate surface area is 191 Å². The maximum absolute atomic E-state index is 6.12. The van der Waals surface area contributed by atoms with Crippen LogP contribution in [0.2, 0.25) is 10.0 Å². The summed E-state index contributed by atoms with van der Waals surface area (Å²) in [6, 6.07) is 16.4. The molecule has 3 nitrogen and oxygen atoms in total. The molecule has 0 aliphatic rings. The molecule has 0 saturated carbocycles. The van der Waals surface area contributed by atoms with Crippen molar-refractivity contribution in [2.75, 3.05) is 11.9 Å². The molecule has 1 N–H and O–H groups in total. The molecule has 0 saturated heterocycles. The van der Waals surface area contributed by atoms with E-state index in [1.165, 1.54) is 10.4 Å². The zero-order chi connectivity index (χ0) is 21.1. The van der Waals surface area contributed by atoms with Gasteiger partial charge in [-0.05, 0) is 60.7 Å². The lowest BCUT2D eigenvalue weighted by atomic mass is 10.0. The van der Waals surface area contributed by atoms with Gasteiger partial charge in [0.1, 0.15) is 16.5 Å². The highest BCUT2D eigenvalue weighted by Gasteiger charge is 2.09. The summed E-state index contributed by atoms with van der Waals surface area (Å²) in [6.45, 7) is 5.07. The number of nitrogens with one attached hydrogen (secondary N) is 1. The van der Waals surface area contributed by atoms with Crippen LogP contribution in [-0.2, 0) is 12.8 Å². The first-order valence-corrected chi connectivity index (χ1v) is 11.7. The monoisotopic (exact) mass is 455 g/mol. The maximum atomic E-state index is 6.12. The van der Waals surface area contributed by atoms with Gasteiger partial charge in [0.05, 0.1) is 5.39 Å². The molecule has 2 heterocycles. The van der Waals surface area contributed by atoms with Crippen LogP contribution in [0, 0.1) is 6.92 Å². The highest BCUT2D eigenvalue weighted by molar-refractivity contribution is 7.18. The molecule has 0 aliphatic carbocycles. The second-order valence-electron chi connectivity index (χ2n) is 7.30. The summed E-state index contributed by atoms with van der Waals surface area (Å²) in [5.74, 6) is 1.85. The lowest BCUT2D eigenvalue weighted by Crippen LogP contribution is -2.07. The number of rotatable bonds is 7. The zero-order valence-corrected chi connectivity index (χ0v) is 19.3. The van der Waals surface area contributed by atoms with Gasteiger partial charge in [-0.2, -0.15) is 0 Å². The van der Waals surface area contributed by atoms with Crippen LogP contribution in [0.1, 0.15) is 29.6 Å². The molecule has 2 aromatic heterocycles. The Kier molecular flexibility index (Phi) is 6.57. The van der Waals surface area contributed by atoms with Crippen molar-refractivity contribution in [3.63, 3.8) is 0 Å². The standard InChI is InChI=1S/C24H23Cl2N3S/c1-3-22-28-23(21-11-15(2)30-24(21)29-22)27-10-4-5-16-6-8-17(9-7-16)18-12-19(25)14-20(26)13-18/h6-9,11-14H,3-5,10H2,1-2H3,(H,27,28,29). The molecule has 0 bridgehead atoms. The molecule has 0 aliphatic heterocycles. The molecule has 0 atom stereocenters. The van der Waals surface area contributed by atoms with Crippen LogP contribution in [0.4, 0.5) is 5.82 Å². The quantitative estimate of drug-likeness (QED) is 0.291. The molecule has 154 valence electrons. The smallest absolute Gasteiger partial charge is 0.138 e. The van der Waals surface area contributed by atoms with Gasteiger partial charge in [0, 0.05) is 27.9 Å². The number of halogens is 2. The predicted octanol–water partition coefficient (Wildman–Crippen LogP) is 7.58. The van der Waals surface area contributed by atoms with Crippen molar-refractivity contribution in [1.82, 2.24) is 9.97 Å². The first-order valence-electron chi connectivity index (χ1n) is 10.1. The first-order chi connectivity index (χ1) is 14.5. The van der Waals surface area contributed by atoms with Crippen LogP contribution in [0.15, 0.2) is 48.5 Å². The molecule has 4 aromatic rings. The Balaban J connectivity index is 1.37. The number of aryl methyl sites for hydroxylation is 3. The number of anilines is 1. The lowest BCUT2D eigenvalue weighted by molar-refractivity contribution is 0.855. The van der Waals surface area contributed by atoms with E-state index in [0.29, 0.717) is 10.0 Å². The van der Waals surface area contributed by atoms with E-state index in [-0.39, 0.29) is 0 Å². The van der Waals surface area contributed by atoms with E-state index < -0.39 is 0 Å². The van der Waals surface area contributed by atoms with Crippen LogP contribution in [0.5, 0.6) is 0 Å². The lowest BCUT2D eigenvalue weighted by Gasteiger charge is -2.09. The Hall–Kier alpha value is -2.14. The third-order valence-electron chi connectivity index (χ3n) is 4.96. The normalized spacial score (nSPS) is 11.2. The summed E-state index contributed by atoms with van der Waals surface area (Å²) >= 11 is 14.0. The minimum atomic E-state index is 0.651. The van der Waals surface area contributed by atoms with Crippen molar-refractivity contribution in [3.05, 3.63) is 74.8 Å². The van der Waals surface area contributed by atoms with Gasteiger partial charge >= 0.3 is 0 Å². The van der Waals surface area contributed by atoms with Gasteiger partial charge in [-0.1, -0.05) is 54.4 Å². The van der Waals surface area contributed by atoms with Crippen LogP contribution in [0.25, 0.3) is 21.3 Å². The average molecular weight is 456 g/mol. The van der Waals surface area contributed by atoms with Crippen molar-refractivity contribution in [2.24, 2.45) is 0 Å². The van der Waals surface area contributed by atoms with Gasteiger partial charge < -0.3 is 5.32 Å². The third kappa shape index (κ3) is 4.94. The topological polar surface area (TPSA) is 37.8 Å². The first kappa shape index (κ1) is 21.1. The SMILES string of the molecule is CCc1nc(NCCCc2ccc(-c3cc(Cl)cc(Cl)c3)cc2)c2cc(C)sc2n1. The van der Waals surface area contributed by atoms with Crippen molar-refractivity contribution in [3.8, 4) is 11.1 Å². The van der Waals surface area contributed by atoms with Crippen molar-refractivity contribution < 1.29 is 0 Å². The minimum absolute atomic E-state index is 0.651. The zero-order valence-electron chi connectivity index (χ0n) is 17.0.